The van der Waals surface area contributed by atoms with Crippen LogP contribution in [0.3, 0.4) is 0 Å². The van der Waals surface area contributed by atoms with Crippen molar-refractivity contribution >= 4 is 32.5 Å². The van der Waals surface area contributed by atoms with Crippen molar-refractivity contribution in [2.24, 2.45) is 5.14 Å². The Bertz CT molecular complexity index is 1390. The van der Waals surface area contributed by atoms with E-state index in [-0.39, 0.29) is 16.4 Å². The first kappa shape index (κ1) is 19.7. The summed E-state index contributed by atoms with van der Waals surface area (Å²) in [6.07, 6.45) is 0. The molecule has 0 aliphatic carbocycles. The summed E-state index contributed by atoms with van der Waals surface area (Å²) in [4.78, 5) is 17.0. The summed E-state index contributed by atoms with van der Waals surface area (Å²) in [5.41, 5.74) is 2.33. The molecule has 0 bridgehead atoms. The molecule has 3 N–H and O–H groups in total. The highest BCUT2D eigenvalue weighted by molar-refractivity contribution is 7.89. The molecule has 0 aliphatic rings. The Morgan fingerprint density at radius 2 is 1.73 bits per heavy atom. The SMILES string of the molecule is NS(=O)(=O)c1ccccc1NC(=O)c1ccc2nc(-c3cccc(F)c3)ccc2c1. The van der Waals surface area contributed by atoms with E-state index in [1.807, 2.05) is 0 Å². The Morgan fingerprint density at radius 1 is 0.933 bits per heavy atom. The minimum absolute atomic E-state index is 0.102. The Hall–Kier alpha value is -3.62. The second-order valence-corrected chi connectivity index (χ2v) is 8.14. The fourth-order valence-electron chi connectivity index (χ4n) is 3.09. The summed E-state index contributed by atoms with van der Waals surface area (Å²) in [7, 11) is -3.98. The summed E-state index contributed by atoms with van der Waals surface area (Å²) in [6, 6.07) is 20.5. The topological polar surface area (TPSA) is 102 Å². The van der Waals surface area contributed by atoms with Gasteiger partial charge < -0.3 is 5.32 Å². The molecule has 4 rings (SSSR count). The van der Waals surface area contributed by atoms with Crippen molar-refractivity contribution in [1.29, 1.82) is 0 Å². The fraction of sp³-hybridized carbons (Fsp3) is 0. The van der Waals surface area contributed by atoms with Gasteiger partial charge in [0.25, 0.3) is 5.91 Å². The minimum Gasteiger partial charge on any atom is -0.321 e. The summed E-state index contributed by atoms with van der Waals surface area (Å²) in [5, 5.41) is 8.50. The molecular weight excluding hydrogens is 405 g/mol. The van der Waals surface area contributed by atoms with E-state index in [9.17, 15) is 17.6 Å². The second-order valence-electron chi connectivity index (χ2n) is 6.61. The number of primary sulfonamides is 1. The number of sulfonamides is 1. The average molecular weight is 421 g/mol. The van der Waals surface area contributed by atoms with E-state index >= 15 is 0 Å². The number of carbonyl (C=O) groups is 1. The average Bonchev–Trinajstić information content (AvgIpc) is 2.72. The molecule has 0 saturated carbocycles. The normalized spacial score (nSPS) is 11.4. The molecular formula is C22H16FN3O3S. The van der Waals surface area contributed by atoms with Gasteiger partial charge in [0.05, 0.1) is 16.9 Å². The number of carbonyl (C=O) groups excluding carboxylic acids is 1. The minimum atomic E-state index is -3.98. The highest BCUT2D eigenvalue weighted by Gasteiger charge is 2.16. The lowest BCUT2D eigenvalue weighted by molar-refractivity contribution is 0.102. The van der Waals surface area contributed by atoms with Crippen LogP contribution in [0.2, 0.25) is 0 Å². The molecule has 0 spiro atoms. The van der Waals surface area contributed by atoms with Gasteiger partial charge in [0.2, 0.25) is 10.0 Å². The maximum absolute atomic E-state index is 13.5. The van der Waals surface area contributed by atoms with Crippen molar-refractivity contribution in [2.75, 3.05) is 5.32 Å². The van der Waals surface area contributed by atoms with Crippen LogP contribution in [0.25, 0.3) is 22.2 Å². The van der Waals surface area contributed by atoms with Crippen LogP contribution in [0, 0.1) is 5.82 Å². The molecule has 150 valence electrons. The van der Waals surface area contributed by atoms with Gasteiger partial charge in [0.1, 0.15) is 10.7 Å². The lowest BCUT2D eigenvalue weighted by Crippen LogP contribution is -2.18. The van der Waals surface area contributed by atoms with Crippen LogP contribution in [-0.2, 0) is 10.0 Å². The zero-order valence-corrected chi connectivity index (χ0v) is 16.4. The zero-order valence-electron chi connectivity index (χ0n) is 15.5. The number of para-hydroxylation sites is 1. The molecule has 0 fully saturated rings. The van der Waals surface area contributed by atoms with Crippen molar-refractivity contribution in [2.45, 2.75) is 4.90 Å². The maximum atomic E-state index is 13.5. The number of anilines is 1. The highest BCUT2D eigenvalue weighted by atomic mass is 32.2. The number of nitrogens with two attached hydrogens (primary N) is 1. The first-order chi connectivity index (χ1) is 14.3. The van der Waals surface area contributed by atoms with Gasteiger partial charge in [0, 0.05) is 16.5 Å². The molecule has 0 radical (unpaired) electrons. The number of nitrogens with one attached hydrogen (secondary N) is 1. The monoisotopic (exact) mass is 421 g/mol. The van der Waals surface area contributed by atoms with Crippen molar-refractivity contribution in [1.82, 2.24) is 4.98 Å². The first-order valence-electron chi connectivity index (χ1n) is 8.91. The van der Waals surface area contributed by atoms with Gasteiger partial charge in [-0.3, -0.25) is 4.79 Å². The molecule has 1 aromatic heterocycles. The van der Waals surface area contributed by atoms with E-state index in [1.165, 1.54) is 30.3 Å². The molecule has 1 amide bonds. The van der Waals surface area contributed by atoms with E-state index < -0.39 is 15.9 Å². The standard InChI is InChI=1S/C22H16FN3O3S/c23-17-5-3-4-14(13-17)18-10-8-15-12-16(9-11-19(15)25-18)22(27)26-20-6-1-2-7-21(20)30(24,28)29/h1-13H,(H,26,27)(H2,24,28,29). The quantitative estimate of drug-likeness (QED) is 0.521. The Labute approximate surface area is 172 Å². The van der Waals surface area contributed by atoms with Gasteiger partial charge in [-0.05, 0) is 48.5 Å². The van der Waals surface area contributed by atoms with Crippen LogP contribution in [0.15, 0.2) is 83.8 Å². The molecule has 3 aromatic carbocycles. The van der Waals surface area contributed by atoms with Crippen molar-refractivity contribution in [3.8, 4) is 11.3 Å². The maximum Gasteiger partial charge on any atom is 0.255 e. The largest absolute Gasteiger partial charge is 0.321 e. The number of hydrogen-bond donors (Lipinski definition) is 2. The number of amides is 1. The smallest absolute Gasteiger partial charge is 0.255 e. The summed E-state index contributed by atoms with van der Waals surface area (Å²) < 4.78 is 36.9. The van der Waals surface area contributed by atoms with E-state index in [4.69, 9.17) is 5.14 Å². The number of pyridine rings is 1. The van der Waals surface area contributed by atoms with Gasteiger partial charge in [-0.1, -0.05) is 30.3 Å². The number of halogens is 1. The van der Waals surface area contributed by atoms with Crippen molar-refractivity contribution in [3.05, 3.63) is 90.2 Å². The number of nitrogens with zero attached hydrogens (tertiary/aromatic N) is 1. The number of fused-ring (bicyclic) bond motifs is 1. The first-order valence-corrected chi connectivity index (χ1v) is 10.5. The molecule has 0 aliphatic heterocycles. The van der Waals surface area contributed by atoms with Gasteiger partial charge in [0.15, 0.2) is 0 Å². The van der Waals surface area contributed by atoms with Gasteiger partial charge in [-0.25, -0.2) is 22.9 Å². The summed E-state index contributed by atoms with van der Waals surface area (Å²) in [6.45, 7) is 0. The Kier molecular flexibility index (Phi) is 5.03. The Balaban J connectivity index is 1.64. The second kappa shape index (κ2) is 7.66. The van der Waals surface area contributed by atoms with Gasteiger partial charge in [-0.2, -0.15) is 0 Å². The van der Waals surface area contributed by atoms with Crippen LogP contribution in [0.5, 0.6) is 0 Å². The fourth-order valence-corrected chi connectivity index (χ4v) is 3.78. The molecule has 0 atom stereocenters. The van der Waals surface area contributed by atoms with E-state index in [0.29, 0.717) is 27.7 Å². The molecule has 0 saturated heterocycles. The van der Waals surface area contributed by atoms with Crippen LogP contribution in [0.1, 0.15) is 10.4 Å². The lowest BCUT2D eigenvalue weighted by Gasteiger charge is -2.10. The third-order valence-electron chi connectivity index (χ3n) is 4.51. The van der Waals surface area contributed by atoms with E-state index in [1.54, 1.807) is 48.5 Å². The predicted molar refractivity (Wildman–Crippen MR) is 113 cm³/mol. The molecule has 0 unspecified atom stereocenters. The third-order valence-corrected chi connectivity index (χ3v) is 5.48. The van der Waals surface area contributed by atoms with E-state index in [0.717, 1.165) is 0 Å². The number of aromatic nitrogens is 1. The summed E-state index contributed by atoms with van der Waals surface area (Å²) in [5.74, 6) is -0.830. The van der Waals surface area contributed by atoms with Crippen LogP contribution < -0.4 is 10.5 Å². The van der Waals surface area contributed by atoms with Crippen LogP contribution in [-0.4, -0.2) is 19.3 Å². The molecule has 30 heavy (non-hydrogen) atoms. The summed E-state index contributed by atoms with van der Waals surface area (Å²) >= 11 is 0. The molecule has 6 nitrogen and oxygen atoms in total. The van der Waals surface area contributed by atoms with Crippen molar-refractivity contribution < 1.29 is 17.6 Å². The third kappa shape index (κ3) is 4.05. The predicted octanol–water partition coefficient (Wildman–Crippen LogP) is 3.94. The number of hydrogen-bond acceptors (Lipinski definition) is 4. The lowest BCUT2D eigenvalue weighted by atomic mass is 10.1. The highest BCUT2D eigenvalue weighted by Crippen LogP contribution is 2.24. The molecule has 1 heterocycles. The van der Waals surface area contributed by atoms with Crippen LogP contribution >= 0.6 is 0 Å². The molecule has 4 aromatic rings. The molecule has 8 heteroatoms. The van der Waals surface area contributed by atoms with Gasteiger partial charge >= 0.3 is 0 Å². The number of benzene rings is 3. The Morgan fingerprint density at radius 3 is 2.50 bits per heavy atom. The van der Waals surface area contributed by atoms with Crippen molar-refractivity contribution in [3.63, 3.8) is 0 Å². The van der Waals surface area contributed by atoms with Crippen LogP contribution in [0.4, 0.5) is 10.1 Å². The van der Waals surface area contributed by atoms with Gasteiger partial charge in [-0.15, -0.1) is 0 Å². The number of rotatable bonds is 4. The zero-order chi connectivity index (χ0) is 21.3. The van der Waals surface area contributed by atoms with E-state index in [2.05, 4.69) is 10.3 Å².